The molecule has 1 aromatic carbocycles. The summed E-state index contributed by atoms with van der Waals surface area (Å²) in [6.07, 6.45) is 4.60. The number of aromatic nitrogens is 2. The fourth-order valence-electron chi connectivity index (χ4n) is 3.79. The monoisotopic (exact) mass is 384 g/mol. The largest absolute Gasteiger partial charge is 0.481 e. The highest BCUT2D eigenvalue weighted by molar-refractivity contribution is 5.91. The molecule has 0 bridgehead atoms. The Hall–Kier alpha value is -2.67. The maximum atomic E-state index is 12.5. The normalized spacial score (nSPS) is 17.4. The molecule has 1 aliphatic heterocycles. The molecule has 0 spiro atoms. The van der Waals surface area contributed by atoms with Gasteiger partial charge in [-0.05, 0) is 44.2 Å². The molecule has 2 aromatic rings. The highest BCUT2D eigenvalue weighted by Crippen LogP contribution is 2.21. The summed E-state index contributed by atoms with van der Waals surface area (Å²) in [5.41, 5.74) is 2.33. The number of piperidine rings is 1. The minimum absolute atomic E-state index is 0.0649. The van der Waals surface area contributed by atoms with E-state index in [1.54, 1.807) is 16.9 Å². The molecular formula is C21H28N4O3. The number of carbonyl (C=O) groups excluding carboxylic acids is 1. The third-order valence-corrected chi connectivity index (χ3v) is 5.14. The molecule has 0 saturated carbocycles. The molecule has 0 aliphatic carbocycles. The van der Waals surface area contributed by atoms with Gasteiger partial charge >= 0.3 is 5.97 Å². The van der Waals surface area contributed by atoms with Gasteiger partial charge in [0, 0.05) is 19.0 Å². The smallest absolute Gasteiger partial charge is 0.303 e. The van der Waals surface area contributed by atoms with Crippen LogP contribution in [0.25, 0.3) is 0 Å². The molecule has 3 rings (SSSR count). The molecular weight excluding hydrogens is 356 g/mol. The number of hydrogen-bond donors (Lipinski definition) is 2. The number of benzene rings is 1. The van der Waals surface area contributed by atoms with E-state index in [2.05, 4.69) is 34.4 Å². The lowest BCUT2D eigenvalue weighted by molar-refractivity contribution is -0.137. The van der Waals surface area contributed by atoms with Crippen molar-refractivity contribution < 1.29 is 14.7 Å². The van der Waals surface area contributed by atoms with Crippen LogP contribution in [0.1, 0.15) is 36.8 Å². The number of nitrogens with zero attached hydrogens (tertiary/aromatic N) is 3. The first-order chi connectivity index (χ1) is 13.5. The van der Waals surface area contributed by atoms with Crippen molar-refractivity contribution >= 4 is 17.7 Å². The fraction of sp³-hybridized carbons (Fsp3) is 0.476. The Labute approximate surface area is 165 Å². The summed E-state index contributed by atoms with van der Waals surface area (Å²) < 4.78 is 1.79. The highest BCUT2D eigenvalue weighted by Gasteiger charge is 2.22. The van der Waals surface area contributed by atoms with Gasteiger partial charge in [0.1, 0.15) is 5.82 Å². The SMILES string of the molecule is Cc1cccc(Cn2nccc2NC(=O)CN2CCCC(CCC(=O)O)C2)c1. The third kappa shape index (κ3) is 5.92. The fourth-order valence-corrected chi connectivity index (χ4v) is 3.79. The number of carboxylic acids is 1. The first-order valence-corrected chi connectivity index (χ1v) is 9.81. The van der Waals surface area contributed by atoms with Gasteiger partial charge < -0.3 is 10.4 Å². The van der Waals surface area contributed by atoms with Crippen molar-refractivity contribution in [3.63, 3.8) is 0 Å². The van der Waals surface area contributed by atoms with Gasteiger partial charge in [-0.1, -0.05) is 29.8 Å². The molecule has 0 radical (unpaired) electrons. The molecule has 1 aliphatic rings. The number of carbonyl (C=O) groups is 2. The summed E-state index contributed by atoms with van der Waals surface area (Å²) in [4.78, 5) is 25.4. The van der Waals surface area contributed by atoms with Crippen LogP contribution in [0.15, 0.2) is 36.5 Å². The van der Waals surface area contributed by atoms with Gasteiger partial charge in [-0.3, -0.25) is 14.5 Å². The van der Waals surface area contributed by atoms with E-state index in [0.717, 1.165) is 31.5 Å². The summed E-state index contributed by atoms with van der Waals surface area (Å²) in [6.45, 7) is 4.63. The number of amides is 1. The molecule has 2 N–H and O–H groups in total. The first kappa shape index (κ1) is 20.1. The molecule has 7 nitrogen and oxygen atoms in total. The van der Waals surface area contributed by atoms with Crippen LogP contribution in [0.3, 0.4) is 0 Å². The van der Waals surface area contributed by atoms with E-state index in [0.29, 0.717) is 31.2 Å². The Morgan fingerprint density at radius 2 is 2.18 bits per heavy atom. The summed E-state index contributed by atoms with van der Waals surface area (Å²) in [5.74, 6) is 0.219. The van der Waals surface area contributed by atoms with Crippen LogP contribution >= 0.6 is 0 Å². The minimum atomic E-state index is -0.753. The van der Waals surface area contributed by atoms with Gasteiger partial charge in [0.2, 0.25) is 5.91 Å². The van der Waals surface area contributed by atoms with E-state index in [1.165, 1.54) is 5.56 Å². The highest BCUT2D eigenvalue weighted by atomic mass is 16.4. The van der Waals surface area contributed by atoms with E-state index in [4.69, 9.17) is 5.11 Å². The van der Waals surface area contributed by atoms with Crippen molar-refractivity contribution in [2.75, 3.05) is 25.0 Å². The maximum absolute atomic E-state index is 12.5. The van der Waals surface area contributed by atoms with Crippen molar-refractivity contribution in [2.24, 2.45) is 5.92 Å². The average Bonchev–Trinajstić information content (AvgIpc) is 3.07. The van der Waals surface area contributed by atoms with Crippen molar-refractivity contribution in [1.82, 2.24) is 14.7 Å². The number of aliphatic carboxylic acids is 1. The number of carboxylic acid groups (broad SMARTS) is 1. The zero-order chi connectivity index (χ0) is 19.9. The predicted molar refractivity (Wildman–Crippen MR) is 107 cm³/mol. The van der Waals surface area contributed by atoms with E-state index < -0.39 is 5.97 Å². The Morgan fingerprint density at radius 3 is 2.96 bits per heavy atom. The molecule has 150 valence electrons. The van der Waals surface area contributed by atoms with Crippen LogP contribution in [-0.4, -0.2) is 51.3 Å². The molecule has 28 heavy (non-hydrogen) atoms. The van der Waals surface area contributed by atoms with E-state index in [1.807, 2.05) is 12.1 Å². The van der Waals surface area contributed by atoms with Crippen molar-refractivity contribution in [3.05, 3.63) is 47.7 Å². The van der Waals surface area contributed by atoms with Crippen LogP contribution in [0.2, 0.25) is 0 Å². The van der Waals surface area contributed by atoms with Crippen molar-refractivity contribution in [1.29, 1.82) is 0 Å². The lowest BCUT2D eigenvalue weighted by Crippen LogP contribution is -2.40. The van der Waals surface area contributed by atoms with Crippen LogP contribution in [0.5, 0.6) is 0 Å². The second-order valence-electron chi connectivity index (χ2n) is 7.59. The quantitative estimate of drug-likeness (QED) is 0.731. The average molecular weight is 384 g/mol. The van der Waals surface area contributed by atoms with Gasteiger partial charge in [0.25, 0.3) is 0 Å². The zero-order valence-electron chi connectivity index (χ0n) is 16.3. The minimum Gasteiger partial charge on any atom is -0.481 e. The number of hydrogen-bond acceptors (Lipinski definition) is 4. The summed E-state index contributed by atoms with van der Waals surface area (Å²) >= 11 is 0. The second-order valence-corrected chi connectivity index (χ2v) is 7.59. The van der Waals surface area contributed by atoms with Gasteiger partial charge in [-0.15, -0.1) is 0 Å². The van der Waals surface area contributed by atoms with Crippen molar-refractivity contribution in [2.45, 2.75) is 39.2 Å². The summed E-state index contributed by atoms with van der Waals surface area (Å²) in [5, 5.41) is 16.2. The van der Waals surface area contributed by atoms with E-state index in [9.17, 15) is 9.59 Å². The lowest BCUT2D eigenvalue weighted by atomic mass is 9.93. The number of nitrogens with one attached hydrogen (secondary N) is 1. The summed E-state index contributed by atoms with van der Waals surface area (Å²) in [7, 11) is 0. The Kier molecular flexibility index (Phi) is 6.81. The lowest BCUT2D eigenvalue weighted by Gasteiger charge is -2.32. The van der Waals surface area contributed by atoms with Gasteiger partial charge in [-0.2, -0.15) is 5.10 Å². The Bertz CT molecular complexity index is 817. The molecule has 1 aromatic heterocycles. The van der Waals surface area contributed by atoms with Gasteiger partial charge in [0.15, 0.2) is 0 Å². The zero-order valence-corrected chi connectivity index (χ0v) is 16.3. The Morgan fingerprint density at radius 1 is 1.32 bits per heavy atom. The van der Waals surface area contributed by atoms with Gasteiger partial charge in [0.05, 0.1) is 19.3 Å². The summed E-state index contributed by atoms with van der Waals surface area (Å²) in [6, 6.07) is 10.0. The molecule has 2 heterocycles. The maximum Gasteiger partial charge on any atom is 0.303 e. The second kappa shape index (κ2) is 9.50. The molecule has 1 atom stereocenters. The first-order valence-electron chi connectivity index (χ1n) is 9.81. The van der Waals surface area contributed by atoms with Gasteiger partial charge in [-0.25, -0.2) is 4.68 Å². The number of rotatable bonds is 8. The third-order valence-electron chi connectivity index (χ3n) is 5.14. The topological polar surface area (TPSA) is 87.5 Å². The number of aryl methyl sites for hydroxylation is 1. The standard InChI is InChI=1S/C21H28N4O3/c1-16-4-2-5-18(12-16)14-25-19(9-10-22-25)23-20(26)15-24-11-3-6-17(13-24)7-8-21(27)28/h2,4-5,9-10,12,17H,3,6-8,11,13-15H2,1H3,(H,23,26)(H,27,28). The van der Waals surface area contributed by atoms with Crippen LogP contribution in [-0.2, 0) is 16.1 Å². The predicted octanol–water partition coefficient (Wildman–Crippen LogP) is 2.76. The molecule has 7 heteroatoms. The number of anilines is 1. The van der Waals surface area contributed by atoms with Crippen LogP contribution in [0.4, 0.5) is 5.82 Å². The van der Waals surface area contributed by atoms with Crippen LogP contribution < -0.4 is 5.32 Å². The van der Waals surface area contributed by atoms with E-state index in [-0.39, 0.29) is 12.3 Å². The van der Waals surface area contributed by atoms with Crippen LogP contribution in [0, 0.1) is 12.8 Å². The molecule has 1 saturated heterocycles. The number of likely N-dealkylation sites (tertiary alicyclic amines) is 1. The molecule has 1 amide bonds. The molecule has 1 unspecified atom stereocenters. The molecule has 1 fully saturated rings. The van der Waals surface area contributed by atoms with Crippen molar-refractivity contribution in [3.8, 4) is 0 Å². The Balaban J connectivity index is 1.52. The van der Waals surface area contributed by atoms with E-state index >= 15 is 0 Å².